The van der Waals surface area contributed by atoms with Gasteiger partial charge in [-0.2, -0.15) is 0 Å². The monoisotopic (exact) mass is 374 g/mol. The first-order chi connectivity index (χ1) is 13.4. The number of Topliss-reactive ketones (excluding diaryl/α,β-unsaturated/α-hetero) is 1. The number of amides is 1. The Bertz CT molecular complexity index is 1140. The Labute approximate surface area is 164 Å². The average molecular weight is 374 g/mol. The van der Waals surface area contributed by atoms with Gasteiger partial charge in [-0.15, -0.1) is 0 Å². The zero-order valence-corrected chi connectivity index (χ0v) is 16.7. The molecule has 2 aliphatic carbocycles. The number of fused-ring (bicyclic) bond motifs is 5. The number of benzene rings is 2. The number of carbonyl (C=O) groups is 2. The number of hydrogen-bond acceptors (Lipinski definition) is 2. The van der Waals surface area contributed by atoms with E-state index >= 15 is 0 Å². The highest BCUT2D eigenvalue weighted by molar-refractivity contribution is 6.16. The Hall–Kier alpha value is -2.62. The Kier molecular flexibility index (Phi) is 3.55. The molecule has 2 aromatic carbocycles. The van der Waals surface area contributed by atoms with Crippen molar-refractivity contribution in [3.05, 3.63) is 42.5 Å². The molecule has 2 atom stereocenters. The van der Waals surface area contributed by atoms with Crippen molar-refractivity contribution in [1.82, 2.24) is 4.57 Å². The van der Waals surface area contributed by atoms with Gasteiger partial charge in [0.25, 0.3) is 0 Å². The highest BCUT2D eigenvalue weighted by Crippen LogP contribution is 2.60. The summed E-state index contributed by atoms with van der Waals surface area (Å²) in [5.41, 5.74) is 1.92. The minimum absolute atomic E-state index is 0.121. The minimum atomic E-state index is -0.833. The van der Waals surface area contributed by atoms with Gasteiger partial charge in [0.05, 0.1) is 0 Å². The van der Waals surface area contributed by atoms with Gasteiger partial charge in [0.1, 0.15) is 5.41 Å². The Morgan fingerprint density at radius 2 is 1.89 bits per heavy atom. The lowest BCUT2D eigenvalue weighted by Crippen LogP contribution is -2.44. The lowest BCUT2D eigenvalue weighted by atomic mass is 9.70. The molecule has 5 rings (SSSR count). The molecule has 2 aliphatic rings. The van der Waals surface area contributed by atoms with Crippen LogP contribution in [-0.4, -0.2) is 16.3 Å². The minimum Gasteiger partial charge on any atom is -0.341 e. The van der Waals surface area contributed by atoms with Crippen LogP contribution in [-0.2, 0) is 16.1 Å². The molecule has 1 aromatic heterocycles. The molecule has 1 N–H and O–H groups in total. The number of rotatable bonds is 3. The Morgan fingerprint density at radius 3 is 2.61 bits per heavy atom. The summed E-state index contributed by atoms with van der Waals surface area (Å²) in [4.78, 5) is 26.2. The normalized spacial score (nSPS) is 25.7. The molecule has 2 fully saturated rings. The molecule has 1 heterocycles. The summed E-state index contributed by atoms with van der Waals surface area (Å²) < 4.78 is 2.29. The highest BCUT2D eigenvalue weighted by atomic mass is 16.2. The zero-order chi connectivity index (χ0) is 19.7. The van der Waals surface area contributed by atoms with Gasteiger partial charge in [0, 0.05) is 39.5 Å². The number of nitrogens with one attached hydrogen (secondary N) is 1. The number of aryl methyl sites for hydroxylation is 1. The van der Waals surface area contributed by atoms with E-state index in [0.717, 1.165) is 24.0 Å². The summed E-state index contributed by atoms with van der Waals surface area (Å²) >= 11 is 0. The molecule has 4 heteroatoms. The number of hydrogen-bond donors (Lipinski definition) is 1. The van der Waals surface area contributed by atoms with E-state index in [2.05, 4.69) is 47.1 Å². The predicted octanol–water partition coefficient (Wildman–Crippen LogP) is 5.15. The van der Waals surface area contributed by atoms with Crippen LogP contribution in [0, 0.1) is 16.7 Å². The summed E-state index contributed by atoms with van der Waals surface area (Å²) in [5, 5.41) is 5.41. The van der Waals surface area contributed by atoms with Gasteiger partial charge < -0.3 is 9.88 Å². The van der Waals surface area contributed by atoms with Gasteiger partial charge in [-0.25, -0.2) is 0 Å². The largest absolute Gasteiger partial charge is 0.341 e. The average Bonchev–Trinajstić information content (AvgIpc) is 3.32. The van der Waals surface area contributed by atoms with Gasteiger partial charge in [-0.1, -0.05) is 32.0 Å². The van der Waals surface area contributed by atoms with Crippen LogP contribution in [0.4, 0.5) is 5.69 Å². The molecule has 1 amide bonds. The fourth-order valence-corrected chi connectivity index (χ4v) is 5.70. The molecule has 4 nitrogen and oxygen atoms in total. The number of para-hydroxylation sites is 1. The van der Waals surface area contributed by atoms with Crippen LogP contribution in [0.1, 0.15) is 40.0 Å². The lowest BCUT2D eigenvalue weighted by Gasteiger charge is -2.32. The smallest absolute Gasteiger partial charge is 0.238 e. The van der Waals surface area contributed by atoms with Gasteiger partial charge in [-0.05, 0) is 56.4 Å². The van der Waals surface area contributed by atoms with Crippen LogP contribution in [0.5, 0.6) is 0 Å². The van der Waals surface area contributed by atoms with E-state index in [1.165, 1.54) is 16.4 Å². The summed E-state index contributed by atoms with van der Waals surface area (Å²) in [6.07, 6.45) is 2.35. The van der Waals surface area contributed by atoms with Crippen molar-refractivity contribution in [2.75, 3.05) is 5.32 Å². The van der Waals surface area contributed by atoms with Gasteiger partial charge in [0.15, 0.2) is 5.78 Å². The van der Waals surface area contributed by atoms with E-state index in [-0.39, 0.29) is 17.1 Å². The maximum absolute atomic E-state index is 13.2. The van der Waals surface area contributed by atoms with Crippen LogP contribution in [0.15, 0.2) is 42.5 Å². The molecule has 2 saturated carbocycles. The Morgan fingerprint density at radius 1 is 1.14 bits per heavy atom. The quantitative estimate of drug-likeness (QED) is 0.645. The third kappa shape index (κ3) is 2.12. The summed E-state index contributed by atoms with van der Waals surface area (Å²) in [7, 11) is 0. The topological polar surface area (TPSA) is 51.1 Å². The van der Waals surface area contributed by atoms with Crippen molar-refractivity contribution in [2.45, 2.75) is 46.6 Å². The zero-order valence-electron chi connectivity index (χ0n) is 16.7. The summed E-state index contributed by atoms with van der Waals surface area (Å²) in [5.74, 6) is 0.331. The van der Waals surface area contributed by atoms with E-state index in [4.69, 9.17) is 0 Å². The standard InChI is InChI=1S/C24H26N2O2/c1-4-26-19-8-6-5-7-17(19)18-13-16(9-10-20(18)26)25-22(28)24-12-11-15(14-24)23(2,3)21(24)27/h5-10,13,15H,4,11-12,14H2,1-3H3,(H,25,28). The van der Waals surface area contributed by atoms with Crippen molar-refractivity contribution in [3.8, 4) is 0 Å². The molecule has 144 valence electrons. The second-order valence-corrected chi connectivity index (χ2v) is 9.02. The van der Waals surface area contributed by atoms with Crippen LogP contribution >= 0.6 is 0 Å². The highest BCUT2D eigenvalue weighted by Gasteiger charge is 2.65. The van der Waals surface area contributed by atoms with Crippen molar-refractivity contribution >= 4 is 39.2 Å². The van der Waals surface area contributed by atoms with Gasteiger partial charge in [0.2, 0.25) is 5.91 Å². The first kappa shape index (κ1) is 17.5. The number of carbonyl (C=O) groups excluding carboxylic acids is 2. The lowest BCUT2D eigenvalue weighted by molar-refractivity contribution is -0.142. The molecular weight excluding hydrogens is 348 g/mol. The molecule has 3 aromatic rings. The van der Waals surface area contributed by atoms with Crippen LogP contribution in [0.2, 0.25) is 0 Å². The molecule has 28 heavy (non-hydrogen) atoms. The molecular formula is C24H26N2O2. The molecule has 0 radical (unpaired) electrons. The molecule has 0 saturated heterocycles. The molecule has 0 spiro atoms. The molecule has 2 bridgehead atoms. The van der Waals surface area contributed by atoms with E-state index in [1.54, 1.807) is 0 Å². The third-order valence-corrected chi connectivity index (χ3v) is 7.34. The molecule has 2 unspecified atom stereocenters. The van der Waals surface area contributed by atoms with Crippen molar-refractivity contribution < 1.29 is 9.59 Å². The second-order valence-electron chi connectivity index (χ2n) is 9.02. The summed E-state index contributed by atoms with van der Waals surface area (Å²) in [6.45, 7) is 7.04. The summed E-state index contributed by atoms with van der Waals surface area (Å²) in [6, 6.07) is 14.4. The van der Waals surface area contributed by atoms with E-state index in [0.29, 0.717) is 18.8 Å². The number of ketones is 1. The maximum Gasteiger partial charge on any atom is 0.238 e. The van der Waals surface area contributed by atoms with Gasteiger partial charge >= 0.3 is 0 Å². The fraction of sp³-hybridized carbons (Fsp3) is 0.417. The first-order valence-electron chi connectivity index (χ1n) is 10.3. The third-order valence-electron chi connectivity index (χ3n) is 7.34. The first-order valence-corrected chi connectivity index (χ1v) is 10.3. The number of aromatic nitrogens is 1. The van der Waals surface area contributed by atoms with E-state index < -0.39 is 5.41 Å². The van der Waals surface area contributed by atoms with E-state index in [9.17, 15) is 9.59 Å². The molecule has 0 aliphatic heterocycles. The fourth-order valence-electron chi connectivity index (χ4n) is 5.70. The predicted molar refractivity (Wildman–Crippen MR) is 112 cm³/mol. The van der Waals surface area contributed by atoms with Crippen LogP contribution < -0.4 is 5.32 Å². The van der Waals surface area contributed by atoms with Crippen molar-refractivity contribution in [1.29, 1.82) is 0 Å². The second kappa shape index (κ2) is 5.69. The van der Waals surface area contributed by atoms with Crippen molar-refractivity contribution in [3.63, 3.8) is 0 Å². The number of nitrogens with zero attached hydrogens (tertiary/aromatic N) is 1. The maximum atomic E-state index is 13.2. The van der Waals surface area contributed by atoms with E-state index in [1.807, 2.05) is 26.0 Å². The van der Waals surface area contributed by atoms with Crippen molar-refractivity contribution in [2.24, 2.45) is 16.7 Å². The van der Waals surface area contributed by atoms with Crippen LogP contribution in [0.3, 0.4) is 0 Å². The van der Waals surface area contributed by atoms with Crippen LogP contribution in [0.25, 0.3) is 21.8 Å². The Balaban J connectivity index is 1.54. The SMILES string of the molecule is CCn1c2ccccc2c2cc(NC(=O)C34CCC(C3)C(C)(C)C4=O)ccc21. The van der Waals surface area contributed by atoms with Gasteiger partial charge in [-0.3, -0.25) is 9.59 Å². The number of anilines is 1.